The van der Waals surface area contributed by atoms with E-state index in [1.165, 1.54) is 31.2 Å². The van der Waals surface area contributed by atoms with E-state index in [4.69, 9.17) is 0 Å². The molecule has 0 N–H and O–H groups in total. The normalized spacial score (nSPS) is 21.1. The molecule has 0 bridgehead atoms. The molecule has 0 unspecified atom stereocenters. The van der Waals surface area contributed by atoms with Crippen molar-refractivity contribution in [3.8, 4) is 0 Å². The Morgan fingerprint density at radius 1 is 1.16 bits per heavy atom. The first-order valence-electron chi connectivity index (χ1n) is 9.47. The molecule has 2 aromatic rings. The molecule has 0 amide bonds. The second-order valence-electron chi connectivity index (χ2n) is 7.79. The Balaban J connectivity index is 1.20. The molecule has 3 aliphatic rings. The number of nitrogens with zero attached hydrogens (tertiary/aromatic N) is 6. The standard InChI is InChI=1S/C18H24N6O/c25-18-7-14-3-1-2-4-16(14)21-24(18)10-13-8-22(9-13)11-17-20-19-12-23(17)15-5-6-15/h7,12-13,15H,1-6,8-11H2. The van der Waals surface area contributed by atoms with E-state index in [-0.39, 0.29) is 5.56 Å². The van der Waals surface area contributed by atoms with Gasteiger partial charge in [-0.15, -0.1) is 10.2 Å². The van der Waals surface area contributed by atoms with Gasteiger partial charge in [0, 0.05) is 31.1 Å². The molecule has 2 aromatic heterocycles. The number of aryl methyl sites for hydroxylation is 2. The van der Waals surface area contributed by atoms with Gasteiger partial charge < -0.3 is 4.57 Å². The van der Waals surface area contributed by atoms with Crippen LogP contribution in [0.3, 0.4) is 0 Å². The van der Waals surface area contributed by atoms with Gasteiger partial charge in [0.1, 0.15) is 12.2 Å². The molecule has 1 aliphatic heterocycles. The van der Waals surface area contributed by atoms with Crippen molar-refractivity contribution < 1.29 is 0 Å². The van der Waals surface area contributed by atoms with Crippen LogP contribution in [0.2, 0.25) is 0 Å². The van der Waals surface area contributed by atoms with Crippen molar-refractivity contribution in [1.29, 1.82) is 0 Å². The molecule has 0 aromatic carbocycles. The lowest BCUT2D eigenvalue weighted by Crippen LogP contribution is -2.49. The molecule has 2 fully saturated rings. The van der Waals surface area contributed by atoms with Gasteiger partial charge in [-0.1, -0.05) is 0 Å². The van der Waals surface area contributed by atoms with Crippen molar-refractivity contribution in [3.05, 3.63) is 39.8 Å². The Kier molecular flexibility index (Phi) is 3.69. The molecule has 132 valence electrons. The Morgan fingerprint density at radius 3 is 2.84 bits per heavy atom. The monoisotopic (exact) mass is 340 g/mol. The van der Waals surface area contributed by atoms with E-state index >= 15 is 0 Å². The molecule has 0 radical (unpaired) electrons. The fourth-order valence-corrected chi connectivity index (χ4v) is 4.14. The first-order valence-corrected chi connectivity index (χ1v) is 9.47. The average Bonchev–Trinajstić information content (AvgIpc) is 3.32. The fourth-order valence-electron chi connectivity index (χ4n) is 4.14. The third-order valence-electron chi connectivity index (χ3n) is 5.69. The molecule has 2 aliphatic carbocycles. The quantitative estimate of drug-likeness (QED) is 0.817. The molecule has 3 heterocycles. The number of hydrogen-bond donors (Lipinski definition) is 0. The second-order valence-corrected chi connectivity index (χ2v) is 7.79. The number of aromatic nitrogens is 5. The highest BCUT2D eigenvalue weighted by Crippen LogP contribution is 2.35. The van der Waals surface area contributed by atoms with Crippen LogP contribution in [-0.2, 0) is 25.9 Å². The maximum atomic E-state index is 12.3. The molecule has 0 atom stereocenters. The summed E-state index contributed by atoms with van der Waals surface area (Å²) < 4.78 is 3.92. The van der Waals surface area contributed by atoms with Crippen molar-refractivity contribution in [1.82, 2.24) is 29.4 Å². The summed E-state index contributed by atoms with van der Waals surface area (Å²) in [6.45, 7) is 3.60. The third-order valence-corrected chi connectivity index (χ3v) is 5.69. The van der Waals surface area contributed by atoms with E-state index < -0.39 is 0 Å². The first kappa shape index (κ1) is 15.3. The van der Waals surface area contributed by atoms with E-state index in [1.807, 2.05) is 12.4 Å². The summed E-state index contributed by atoms with van der Waals surface area (Å²) in [5.74, 6) is 1.58. The Hall–Kier alpha value is -2.02. The van der Waals surface area contributed by atoms with Crippen LogP contribution < -0.4 is 5.56 Å². The molecule has 0 spiro atoms. The van der Waals surface area contributed by atoms with Gasteiger partial charge in [-0.05, 0) is 44.1 Å². The summed E-state index contributed by atoms with van der Waals surface area (Å²) >= 11 is 0. The topological polar surface area (TPSA) is 68.8 Å². The van der Waals surface area contributed by atoms with Crippen molar-refractivity contribution in [3.63, 3.8) is 0 Å². The molecule has 7 heteroatoms. The van der Waals surface area contributed by atoms with Crippen molar-refractivity contribution in [2.24, 2.45) is 5.92 Å². The van der Waals surface area contributed by atoms with E-state index in [0.717, 1.165) is 50.5 Å². The molecule has 5 rings (SSSR count). The summed E-state index contributed by atoms with van der Waals surface area (Å²) in [5, 5.41) is 13.0. The van der Waals surface area contributed by atoms with E-state index in [0.29, 0.717) is 12.0 Å². The minimum atomic E-state index is 0.0626. The Morgan fingerprint density at radius 2 is 2.00 bits per heavy atom. The molecule has 1 saturated heterocycles. The van der Waals surface area contributed by atoms with Crippen molar-refractivity contribution in [2.75, 3.05) is 13.1 Å². The van der Waals surface area contributed by atoms with E-state index in [1.54, 1.807) is 4.68 Å². The zero-order valence-corrected chi connectivity index (χ0v) is 14.5. The smallest absolute Gasteiger partial charge is 0.267 e. The molecule has 1 saturated carbocycles. The van der Waals surface area contributed by atoms with Crippen molar-refractivity contribution >= 4 is 0 Å². The van der Waals surface area contributed by atoms with E-state index in [9.17, 15) is 4.79 Å². The molecule has 7 nitrogen and oxygen atoms in total. The van der Waals surface area contributed by atoms with Gasteiger partial charge >= 0.3 is 0 Å². The number of rotatable bonds is 5. The van der Waals surface area contributed by atoms with Crippen LogP contribution in [0.25, 0.3) is 0 Å². The third kappa shape index (κ3) is 3.01. The van der Waals surface area contributed by atoms with Crippen LogP contribution in [0, 0.1) is 5.92 Å². The lowest BCUT2D eigenvalue weighted by atomic mass is 9.96. The number of fused-ring (bicyclic) bond motifs is 1. The SMILES string of the molecule is O=c1cc2c(nn1CC1CN(Cc3nncn3C3CC3)C1)CCCC2. The minimum absolute atomic E-state index is 0.0626. The lowest BCUT2D eigenvalue weighted by Gasteiger charge is -2.39. The van der Waals surface area contributed by atoms with Gasteiger partial charge in [-0.25, -0.2) is 4.68 Å². The predicted octanol–water partition coefficient (Wildman–Crippen LogP) is 1.18. The average molecular weight is 340 g/mol. The Bertz CT molecular complexity index is 830. The summed E-state index contributed by atoms with van der Waals surface area (Å²) in [5.41, 5.74) is 2.37. The summed E-state index contributed by atoms with van der Waals surface area (Å²) in [6, 6.07) is 2.44. The van der Waals surface area contributed by atoms with Crippen molar-refractivity contribution in [2.45, 2.75) is 57.7 Å². The Labute approximate surface area is 146 Å². The zero-order valence-electron chi connectivity index (χ0n) is 14.5. The molecular weight excluding hydrogens is 316 g/mol. The predicted molar refractivity (Wildman–Crippen MR) is 92.2 cm³/mol. The van der Waals surface area contributed by atoms with Crippen LogP contribution in [-0.4, -0.2) is 42.5 Å². The van der Waals surface area contributed by atoms with E-state index in [2.05, 4.69) is 24.8 Å². The highest BCUT2D eigenvalue weighted by Gasteiger charge is 2.31. The number of likely N-dealkylation sites (tertiary alicyclic amines) is 1. The summed E-state index contributed by atoms with van der Waals surface area (Å²) in [7, 11) is 0. The first-order chi connectivity index (χ1) is 12.3. The van der Waals surface area contributed by atoms with Crippen LogP contribution in [0.15, 0.2) is 17.2 Å². The molecular formula is C18H24N6O. The zero-order chi connectivity index (χ0) is 16.8. The van der Waals surface area contributed by atoms with Gasteiger partial charge in [-0.3, -0.25) is 9.69 Å². The van der Waals surface area contributed by atoms with Crippen LogP contribution in [0.5, 0.6) is 0 Å². The van der Waals surface area contributed by atoms with Gasteiger partial charge in [0.15, 0.2) is 0 Å². The highest BCUT2D eigenvalue weighted by molar-refractivity contribution is 5.20. The summed E-state index contributed by atoms with van der Waals surface area (Å²) in [6.07, 6.45) is 8.76. The van der Waals surface area contributed by atoms with Crippen LogP contribution >= 0.6 is 0 Å². The maximum absolute atomic E-state index is 12.3. The lowest BCUT2D eigenvalue weighted by molar-refractivity contribution is 0.0725. The summed E-state index contributed by atoms with van der Waals surface area (Å²) in [4.78, 5) is 14.7. The van der Waals surface area contributed by atoms with Gasteiger partial charge in [0.2, 0.25) is 0 Å². The minimum Gasteiger partial charge on any atom is -0.313 e. The number of hydrogen-bond acceptors (Lipinski definition) is 5. The second kappa shape index (κ2) is 6.05. The fraction of sp³-hybridized carbons (Fsp3) is 0.667. The van der Waals surface area contributed by atoms with Crippen LogP contribution in [0.1, 0.15) is 48.8 Å². The maximum Gasteiger partial charge on any atom is 0.267 e. The van der Waals surface area contributed by atoms with Gasteiger partial charge in [0.05, 0.1) is 18.8 Å². The highest BCUT2D eigenvalue weighted by atomic mass is 16.1. The largest absolute Gasteiger partial charge is 0.313 e. The van der Waals surface area contributed by atoms with Gasteiger partial charge in [-0.2, -0.15) is 5.10 Å². The van der Waals surface area contributed by atoms with Crippen LogP contribution in [0.4, 0.5) is 0 Å². The molecule has 25 heavy (non-hydrogen) atoms. The van der Waals surface area contributed by atoms with Gasteiger partial charge in [0.25, 0.3) is 5.56 Å².